The van der Waals surface area contributed by atoms with Gasteiger partial charge in [0.25, 0.3) is 0 Å². The van der Waals surface area contributed by atoms with Crippen molar-refractivity contribution in [2.75, 3.05) is 6.26 Å². The Morgan fingerprint density at radius 3 is 2.50 bits per heavy atom. The largest absolute Gasteiger partial charge is 0.294 e. The lowest BCUT2D eigenvalue weighted by Gasteiger charge is -2.22. The van der Waals surface area contributed by atoms with E-state index >= 15 is 0 Å². The van der Waals surface area contributed by atoms with Crippen molar-refractivity contribution in [2.45, 2.75) is 23.0 Å². The maximum Gasteiger partial charge on any atom is 0.185 e. The van der Waals surface area contributed by atoms with Gasteiger partial charge >= 0.3 is 0 Å². The molecule has 0 spiro atoms. The van der Waals surface area contributed by atoms with Gasteiger partial charge in [0, 0.05) is 12.7 Å². The SMILES string of the molecule is CS(=O)(=O)c1sc(C#N)c2c1C(=O)C[C@H](c1ccccc1)C2. The van der Waals surface area contributed by atoms with Gasteiger partial charge < -0.3 is 0 Å². The number of ketones is 1. The molecule has 0 fully saturated rings. The van der Waals surface area contributed by atoms with E-state index in [0.29, 0.717) is 16.9 Å². The predicted octanol–water partition coefficient (Wildman–Crippen LogP) is 2.94. The molecule has 112 valence electrons. The molecule has 0 saturated heterocycles. The molecule has 0 radical (unpaired) electrons. The van der Waals surface area contributed by atoms with E-state index in [1.54, 1.807) is 0 Å². The van der Waals surface area contributed by atoms with Crippen molar-refractivity contribution in [1.29, 1.82) is 5.26 Å². The fourth-order valence-electron chi connectivity index (χ4n) is 2.88. The smallest absolute Gasteiger partial charge is 0.185 e. The molecule has 3 rings (SSSR count). The molecular formula is C16H13NO3S2. The molecule has 22 heavy (non-hydrogen) atoms. The van der Waals surface area contributed by atoms with Crippen molar-refractivity contribution in [3.63, 3.8) is 0 Å². The van der Waals surface area contributed by atoms with E-state index in [1.165, 1.54) is 0 Å². The van der Waals surface area contributed by atoms with Gasteiger partial charge in [-0.2, -0.15) is 5.26 Å². The van der Waals surface area contributed by atoms with Gasteiger partial charge in [-0.3, -0.25) is 4.79 Å². The molecule has 1 aliphatic carbocycles. The van der Waals surface area contributed by atoms with Crippen LogP contribution in [-0.2, 0) is 16.3 Å². The molecule has 1 aliphatic rings. The molecule has 1 heterocycles. The van der Waals surface area contributed by atoms with E-state index in [-0.39, 0.29) is 27.9 Å². The molecule has 0 saturated carbocycles. The van der Waals surface area contributed by atoms with E-state index in [0.717, 1.165) is 23.2 Å². The minimum absolute atomic E-state index is 0.00434. The monoisotopic (exact) mass is 331 g/mol. The summed E-state index contributed by atoms with van der Waals surface area (Å²) < 4.78 is 23.8. The zero-order valence-electron chi connectivity index (χ0n) is 11.9. The number of nitriles is 1. The Hall–Kier alpha value is -1.97. The Bertz CT molecular complexity index is 889. The lowest BCUT2D eigenvalue weighted by Crippen LogP contribution is -2.19. The van der Waals surface area contributed by atoms with E-state index in [9.17, 15) is 18.5 Å². The number of carbonyl (C=O) groups is 1. The molecule has 0 N–H and O–H groups in total. The van der Waals surface area contributed by atoms with Crippen molar-refractivity contribution in [1.82, 2.24) is 0 Å². The van der Waals surface area contributed by atoms with Gasteiger partial charge in [0.15, 0.2) is 15.6 Å². The Kier molecular flexibility index (Phi) is 3.63. The summed E-state index contributed by atoms with van der Waals surface area (Å²) in [6.45, 7) is 0. The normalized spacial score (nSPS) is 17.8. The predicted molar refractivity (Wildman–Crippen MR) is 84.0 cm³/mol. The third-order valence-electron chi connectivity index (χ3n) is 3.85. The number of benzene rings is 1. The highest BCUT2D eigenvalue weighted by atomic mass is 32.2. The number of rotatable bonds is 2. The van der Waals surface area contributed by atoms with Gasteiger partial charge in [-0.25, -0.2) is 8.42 Å². The van der Waals surface area contributed by atoms with Gasteiger partial charge in [0.2, 0.25) is 0 Å². The van der Waals surface area contributed by atoms with Crippen LogP contribution >= 0.6 is 11.3 Å². The summed E-state index contributed by atoms with van der Waals surface area (Å²) in [6.07, 6.45) is 1.89. The highest BCUT2D eigenvalue weighted by molar-refractivity contribution is 7.92. The van der Waals surface area contributed by atoms with Crippen molar-refractivity contribution >= 4 is 27.0 Å². The first-order valence-corrected chi connectivity index (χ1v) is 9.46. The van der Waals surface area contributed by atoms with Gasteiger partial charge in [0.05, 0.1) is 5.56 Å². The molecule has 1 aromatic heterocycles. The van der Waals surface area contributed by atoms with Gasteiger partial charge in [0.1, 0.15) is 15.2 Å². The molecule has 0 unspecified atom stereocenters. The summed E-state index contributed by atoms with van der Waals surface area (Å²) >= 11 is 0.913. The standard InChI is InChI=1S/C16H13NO3S2/c1-22(19,20)16-15-12(14(9-17)21-16)7-11(8-13(15)18)10-5-3-2-4-6-10/h2-6,11H,7-8H2,1H3/t11-/m1/s1. The number of hydrogen-bond acceptors (Lipinski definition) is 5. The van der Waals surface area contributed by atoms with E-state index in [1.807, 2.05) is 36.4 Å². The second kappa shape index (κ2) is 5.34. The van der Waals surface area contributed by atoms with Crippen LogP contribution in [0.3, 0.4) is 0 Å². The molecule has 1 atom stereocenters. The summed E-state index contributed by atoms with van der Waals surface area (Å²) in [5, 5.41) is 9.27. The van der Waals surface area contributed by atoms with E-state index in [2.05, 4.69) is 0 Å². The summed E-state index contributed by atoms with van der Waals surface area (Å²) in [6, 6.07) is 11.7. The Morgan fingerprint density at radius 1 is 1.23 bits per heavy atom. The van der Waals surface area contributed by atoms with Crippen LogP contribution in [0, 0.1) is 11.3 Å². The number of thiophene rings is 1. The van der Waals surface area contributed by atoms with Crippen molar-refractivity contribution in [3.8, 4) is 6.07 Å². The minimum atomic E-state index is -3.50. The first-order valence-electron chi connectivity index (χ1n) is 6.75. The zero-order chi connectivity index (χ0) is 15.9. The minimum Gasteiger partial charge on any atom is -0.294 e. The number of fused-ring (bicyclic) bond motifs is 1. The quantitative estimate of drug-likeness (QED) is 0.848. The molecule has 0 aliphatic heterocycles. The van der Waals surface area contributed by atoms with Crippen LogP contribution < -0.4 is 0 Å². The lowest BCUT2D eigenvalue weighted by atomic mass is 9.80. The average molecular weight is 331 g/mol. The van der Waals surface area contributed by atoms with E-state index < -0.39 is 9.84 Å². The van der Waals surface area contributed by atoms with Gasteiger partial charge in [-0.05, 0) is 23.5 Å². The van der Waals surface area contributed by atoms with Crippen molar-refractivity contribution in [2.24, 2.45) is 0 Å². The van der Waals surface area contributed by atoms with Gasteiger partial charge in [-0.1, -0.05) is 30.3 Å². The summed E-state index contributed by atoms with van der Waals surface area (Å²) in [7, 11) is -3.50. The fourth-order valence-corrected chi connectivity index (χ4v) is 5.22. The molecule has 6 heteroatoms. The zero-order valence-corrected chi connectivity index (χ0v) is 13.5. The molecule has 0 bridgehead atoms. The maximum atomic E-state index is 12.5. The third-order valence-corrected chi connectivity index (χ3v) is 6.81. The Balaban J connectivity index is 2.14. The third kappa shape index (κ3) is 2.47. The van der Waals surface area contributed by atoms with Crippen LogP contribution in [0.15, 0.2) is 34.5 Å². The number of sulfone groups is 1. The number of Topliss-reactive ketones (excluding diaryl/α,β-unsaturated/α-hetero) is 1. The molecular weight excluding hydrogens is 318 g/mol. The van der Waals surface area contributed by atoms with Crippen LogP contribution in [0.4, 0.5) is 0 Å². The summed E-state index contributed by atoms with van der Waals surface area (Å²) in [4.78, 5) is 12.8. The first kappa shape index (κ1) is 14.9. The topological polar surface area (TPSA) is 75.0 Å². The lowest BCUT2D eigenvalue weighted by molar-refractivity contribution is 0.0961. The van der Waals surface area contributed by atoms with Crippen LogP contribution in [0.1, 0.15) is 38.7 Å². The van der Waals surface area contributed by atoms with Gasteiger partial charge in [-0.15, -0.1) is 11.3 Å². The molecule has 2 aromatic rings. The number of carbonyl (C=O) groups excluding carboxylic acids is 1. The van der Waals surface area contributed by atoms with Crippen molar-refractivity contribution < 1.29 is 13.2 Å². The molecule has 1 aromatic carbocycles. The molecule has 4 nitrogen and oxygen atoms in total. The second-order valence-electron chi connectivity index (χ2n) is 5.40. The highest BCUT2D eigenvalue weighted by Gasteiger charge is 2.35. The number of hydrogen-bond donors (Lipinski definition) is 0. The highest BCUT2D eigenvalue weighted by Crippen LogP contribution is 2.41. The average Bonchev–Trinajstić information content (AvgIpc) is 2.87. The first-order chi connectivity index (χ1) is 10.4. The fraction of sp³-hybridized carbons (Fsp3) is 0.250. The van der Waals surface area contributed by atoms with Crippen LogP contribution in [0.5, 0.6) is 0 Å². The van der Waals surface area contributed by atoms with Crippen LogP contribution in [0.25, 0.3) is 0 Å². The molecule has 0 amide bonds. The van der Waals surface area contributed by atoms with E-state index in [4.69, 9.17) is 0 Å². The van der Waals surface area contributed by atoms with Crippen LogP contribution in [0.2, 0.25) is 0 Å². The Morgan fingerprint density at radius 2 is 1.91 bits per heavy atom. The summed E-state index contributed by atoms with van der Waals surface area (Å²) in [5.41, 5.74) is 1.88. The maximum absolute atomic E-state index is 12.5. The summed E-state index contributed by atoms with van der Waals surface area (Å²) in [5.74, 6) is -0.191. The van der Waals surface area contributed by atoms with Crippen molar-refractivity contribution in [3.05, 3.63) is 51.9 Å². The van der Waals surface area contributed by atoms with Crippen LogP contribution in [-0.4, -0.2) is 20.5 Å². The Labute approximate surface area is 132 Å². The second-order valence-corrected chi connectivity index (χ2v) is 8.63. The number of nitrogens with zero attached hydrogens (tertiary/aromatic N) is 1.